The SMILES string of the molecule is CN1CCC(Nc2cncc(C(C)(C)C)c2)C(F)C1. The van der Waals surface area contributed by atoms with Crippen LogP contribution in [0.1, 0.15) is 32.8 Å². The van der Waals surface area contributed by atoms with Crippen LogP contribution in [-0.2, 0) is 5.41 Å². The number of likely N-dealkylation sites (tertiary alicyclic amines) is 1. The Bertz CT molecular complexity index is 428. The van der Waals surface area contributed by atoms with Gasteiger partial charge in [0, 0.05) is 25.5 Å². The Kier molecular flexibility index (Phi) is 4.09. The van der Waals surface area contributed by atoms with Crippen LogP contribution in [0, 0.1) is 0 Å². The molecule has 4 heteroatoms. The maximum Gasteiger partial charge on any atom is 0.133 e. The Hall–Kier alpha value is -1.16. The second kappa shape index (κ2) is 5.45. The Balaban J connectivity index is 2.07. The van der Waals surface area contributed by atoms with Gasteiger partial charge in [-0.2, -0.15) is 0 Å². The summed E-state index contributed by atoms with van der Waals surface area (Å²) in [6, 6.07) is 1.98. The molecule has 1 N–H and O–H groups in total. The van der Waals surface area contributed by atoms with E-state index in [1.54, 1.807) is 6.20 Å². The normalized spacial score (nSPS) is 25.3. The van der Waals surface area contributed by atoms with Crippen molar-refractivity contribution in [3.63, 3.8) is 0 Å². The van der Waals surface area contributed by atoms with Gasteiger partial charge in [0.2, 0.25) is 0 Å². The van der Waals surface area contributed by atoms with E-state index in [1.165, 1.54) is 5.56 Å². The highest BCUT2D eigenvalue weighted by atomic mass is 19.1. The number of piperidine rings is 1. The van der Waals surface area contributed by atoms with Gasteiger partial charge in [-0.05, 0) is 30.5 Å². The zero-order valence-corrected chi connectivity index (χ0v) is 12.3. The third-order valence-electron chi connectivity index (χ3n) is 3.70. The van der Waals surface area contributed by atoms with Crippen molar-refractivity contribution in [3.05, 3.63) is 24.0 Å². The Morgan fingerprint density at radius 2 is 2.11 bits per heavy atom. The zero-order valence-electron chi connectivity index (χ0n) is 12.3. The minimum absolute atomic E-state index is 0.0621. The molecular weight excluding hydrogens is 241 g/mol. The molecule has 2 atom stereocenters. The lowest BCUT2D eigenvalue weighted by molar-refractivity contribution is 0.149. The number of alkyl halides is 1. The number of hydrogen-bond donors (Lipinski definition) is 1. The van der Waals surface area contributed by atoms with Gasteiger partial charge < -0.3 is 10.2 Å². The highest BCUT2D eigenvalue weighted by Crippen LogP contribution is 2.25. The van der Waals surface area contributed by atoms with Crippen LogP contribution in [0.2, 0.25) is 0 Å². The van der Waals surface area contributed by atoms with E-state index in [0.29, 0.717) is 6.54 Å². The molecule has 3 nitrogen and oxygen atoms in total. The summed E-state index contributed by atoms with van der Waals surface area (Å²) in [7, 11) is 1.96. The van der Waals surface area contributed by atoms with Crippen molar-refractivity contribution in [2.45, 2.75) is 44.8 Å². The number of hydrogen-bond acceptors (Lipinski definition) is 3. The largest absolute Gasteiger partial charge is 0.378 e. The first-order valence-corrected chi connectivity index (χ1v) is 6.91. The highest BCUT2D eigenvalue weighted by Gasteiger charge is 2.27. The van der Waals surface area contributed by atoms with E-state index in [2.05, 4.69) is 37.1 Å². The van der Waals surface area contributed by atoms with Crippen molar-refractivity contribution in [1.82, 2.24) is 9.88 Å². The maximum absolute atomic E-state index is 14.0. The van der Waals surface area contributed by atoms with Crippen LogP contribution >= 0.6 is 0 Å². The number of nitrogens with zero attached hydrogens (tertiary/aromatic N) is 2. The smallest absolute Gasteiger partial charge is 0.133 e. The average Bonchev–Trinajstić information content (AvgIpc) is 2.32. The number of pyridine rings is 1. The van der Waals surface area contributed by atoms with E-state index < -0.39 is 6.17 Å². The van der Waals surface area contributed by atoms with Gasteiger partial charge in [0.25, 0.3) is 0 Å². The van der Waals surface area contributed by atoms with Crippen molar-refractivity contribution in [1.29, 1.82) is 0 Å². The van der Waals surface area contributed by atoms with E-state index in [-0.39, 0.29) is 11.5 Å². The first-order chi connectivity index (χ1) is 8.86. The lowest BCUT2D eigenvalue weighted by Crippen LogP contribution is -2.46. The van der Waals surface area contributed by atoms with E-state index >= 15 is 0 Å². The van der Waals surface area contributed by atoms with E-state index in [0.717, 1.165) is 18.7 Å². The molecule has 1 fully saturated rings. The molecule has 2 unspecified atom stereocenters. The number of rotatable bonds is 2. The minimum Gasteiger partial charge on any atom is -0.378 e. The molecule has 0 amide bonds. The summed E-state index contributed by atoms with van der Waals surface area (Å²) < 4.78 is 14.0. The molecule has 1 aromatic heterocycles. The van der Waals surface area contributed by atoms with Crippen LogP contribution in [0.15, 0.2) is 18.5 Å². The van der Waals surface area contributed by atoms with Gasteiger partial charge >= 0.3 is 0 Å². The van der Waals surface area contributed by atoms with Crippen molar-refractivity contribution in [3.8, 4) is 0 Å². The van der Waals surface area contributed by atoms with Crippen molar-refractivity contribution < 1.29 is 4.39 Å². The third-order valence-corrected chi connectivity index (χ3v) is 3.70. The minimum atomic E-state index is -0.822. The maximum atomic E-state index is 14.0. The molecule has 0 aromatic carbocycles. The lowest BCUT2D eigenvalue weighted by Gasteiger charge is -2.33. The van der Waals surface area contributed by atoms with Crippen LogP contribution < -0.4 is 5.32 Å². The van der Waals surface area contributed by atoms with Crippen LogP contribution in [0.4, 0.5) is 10.1 Å². The predicted octanol–water partition coefficient (Wildman–Crippen LogP) is 2.83. The first-order valence-electron chi connectivity index (χ1n) is 6.91. The molecule has 0 spiro atoms. The summed E-state index contributed by atoms with van der Waals surface area (Å²) in [5.41, 5.74) is 2.15. The third kappa shape index (κ3) is 3.66. The molecule has 19 heavy (non-hydrogen) atoms. The predicted molar refractivity (Wildman–Crippen MR) is 77.4 cm³/mol. The molecule has 2 rings (SSSR count). The van der Waals surface area contributed by atoms with Gasteiger partial charge in [-0.3, -0.25) is 4.98 Å². The van der Waals surface area contributed by atoms with Crippen LogP contribution in [0.25, 0.3) is 0 Å². The summed E-state index contributed by atoms with van der Waals surface area (Å²) in [6.07, 6.45) is 3.67. The van der Waals surface area contributed by atoms with E-state index in [1.807, 2.05) is 18.1 Å². The molecule has 1 aliphatic heterocycles. The summed E-state index contributed by atoms with van der Waals surface area (Å²) in [4.78, 5) is 6.30. The topological polar surface area (TPSA) is 28.2 Å². The molecule has 106 valence electrons. The number of anilines is 1. The van der Waals surface area contributed by atoms with E-state index in [9.17, 15) is 4.39 Å². The molecule has 0 saturated carbocycles. The highest BCUT2D eigenvalue weighted by molar-refractivity contribution is 5.45. The van der Waals surface area contributed by atoms with Gasteiger partial charge in [0.15, 0.2) is 0 Å². The zero-order chi connectivity index (χ0) is 14.0. The summed E-state index contributed by atoms with van der Waals surface area (Å²) in [5.74, 6) is 0. The first kappa shape index (κ1) is 14.3. The number of aromatic nitrogens is 1. The second-order valence-electron chi connectivity index (χ2n) is 6.53. The number of nitrogens with one attached hydrogen (secondary N) is 1. The Morgan fingerprint density at radius 1 is 1.37 bits per heavy atom. The molecular formula is C15H24FN3. The van der Waals surface area contributed by atoms with Gasteiger partial charge in [-0.1, -0.05) is 20.8 Å². The molecule has 0 bridgehead atoms. The lowest BCUT2D eigenvalue weighted by atomic mass is 9.88. The number of halogens is 1. The Labute approximate surface area is 115 Å². The summed E-state index contributed by atoms with van der Waals surface area (Å²) in [6.45, 7) is 7.90. The molecule has 1 saturated heterocycles. The van der Waals surface area contributed by atoms with Gasteiger partial charge in [0.05, 0.1) is 11.7 Å². The fourth-order valence-corrected chi connectivity index (χ4v) is 2.36. The quantitative estimate of drug-likeness (QED) is 0.891. The second-order valence-corrected chi connectivity index (χ2v) is 6.53. The molecule has 0 aliphatic carbocycles. The molecule has 1 aromatic rings. The molecule has 0 radical (unpaired) electrons. The molecule has 1 aliphatic rings. The van der Waals surface area contributed by atoms with Gasteiger partial charge in [0.1, 0.15) is 6.17 Å². The van der Waals surface area contributed by atoms with Crippen molar-refractivity contribution >= 4 is 5.69 Å². The van der Waals surface area contributed by atoms with Crippen LogP contribution in [0.5, 0.6) is 0 Å². The Morgan fingerprint density at radius 3 is 2.74 bits per heavy atom. The van der Waals surface area contributed by atoms with Gasteiger partial charge in [-0.15, -0.1) is 0 Å². The monoisotopic (exact) mass is 265 g/mol. The molecule has 2 heterocycles. The van der Waals surface area contributed by atoms with Crippen molar-refractivity contribution in [2.24, 2.45) is 0 Å². The van der Waals surface area contributed by atoms with Gasteiger partial charge in [-0.25, -0.2) is 4.39 Å². The van der Waals surface area contributed by atoms with Crippen LogP contribution in [0.3, 0.4) is 0 Å². The fourth-order valence-electron chi connectivity index (χ4n) is 2.36. The fraction of sp³-hybridized carbons (Fsp3) is 0.667. The van der Waals surface area contributed by atoms with Crippen molar-refractivity contribution in [2.75, 3.05) is 25.5 Å². The summed E-state index contributed by atoms with van der Waals surface area (Å²) >= 11 is 0. The average molecular weight is 265 g/mol. The standard InChI is InChI=1S/C15H24FN3/c1-15(2,3)11-7-12(9-17-8-11)18-14-5-6-19(4)10-13(14)16/h7-9,13-14,18H,5-6,10H2,1-4H3. The van der Waals surface area contributed by atoms with Crippen LogP contribution in [-0.4, -0.2) is 42.2 Å². The van der Waals surface area contributed by atoms with E-state index in [4.69, 9.17) is 0 Å². The summed E-state index contributed by atoms with van der Waals surface area (Å²) in [5, 5.41) is 3.30.